The van der Waals surface area contributed by atoms with E-state index in [1.54, 1.807) is 24.3 Å². The highest BCUT2D eigenvalue weighted by Crippen LogP contribution is 2.31. The molecule has 0 amide bonds. The molecule has 0 unspecified atom stereocenters. The molecule has 1 aromatic carbocycles. The van der Waals surface area contributed by atoms with Crippen LogP contribution in [0.5, 0.6) is 0 Å². The van der Waals surface area contributed by atoms with E-state index in [1.165, 1.54) is 28.0 Å². The van der Waals surface area contributed by atoms with Crippen LogP contribution in [0.1, 0.15) is 26.5 Å². The Bertz CT molecular complexity index is 1250. The van der Waals surface area contributed by atoms with Crippen LogP contribution in [0.3, 0.4) is 0 Å². The van der Waals surface area contributed by atoms with Crippen LogP contribution in [-0.4, -0.2) is 24.7 Å². The van der Waals surface area contributed by atoms with Crippen LogP contribution >= 0.6 is 11.3 Å². The minimum Gasteiger partial charge on any atom is -0.454 e. The maximum absolute atomic E-state index is 12.7. The van der Waals surface area contributed by atoms with Crippen LogP contribution in [0, 0.1) is 10.1 Å². The van der Waals surface area contributed by atoms with Gasteiger partial charge in [0.2, 0.25) is 4.96 Å². The number of nitrogens with zero attached hydrogens (tertiary/aromatic N) is 5. The molecule has 0 fully saturated rings. The van der Waals surface area contributed by atoms with Gasteiger partial charge in [-0.1, -0.05) is 32.1 Å². The van der Waals surface area contributed by atoms with Crippen LogP contribution < -0.4 is 5.56 Å². The normalized spacial score (nSPS) is 11.8. The lowest BCUT2D eigenvalue weighted by atomic mass is 9.93. The maximum Gasteiger partial charge on any atom is 0.297 e. The lowest BCUT2D eigenvalue weighted by molar-refractivity contribution is -0.384. The first-order chi connectivity index (χ1) is 13.2. The smallest absolute Gasteiger partial charge is 0.297 e. The van der Waals surface area contributed by atoms with E-state index in [9.17, 15) is 14.9 Å². The number of benzene rings is 1. The Morgan fingerprint density at radius 3 is 2.39 bits per heavy atom. The summed E-state index contributed by atoms with van der Waals surface area (Å²) in [6, 6.07) is 9.54. The number of non-ortho nitro benzene ring substituents is 1. The Labute approximate surface area is 162 Å². The average molecular weight is 397 g/mol. The van der Waals surface area contributed by atoms with Crippen LogP contribution in [0.2, 0.25) is 0 Å². The third-order valence-corrected chi connectivity index (χ3v) is 4.99. The van der Waals surface area contributed by atoms with E-state index < -0.39 is 10.3 Å². The molecule has 0 atom stereocenters. The average Bonchev–Trinajstić information content (AvgIpc) is 3.28. The molecule has 3 aromatic heterocycles. The van der Waals surface area contributed by atoms with Gasteiger partial charge in [-0.15, -0.1) is 15.3 Å². The van der Waals surface area contributed by atoms with Crippen molar-refractivity contribution in [3.63, 3.8) is 0 Å². The summed E-state index contributed by atoms with van der Waals surface area (Å²) in [5.74, 6) is 1.01. The van der Waals surface area contributed by atoms with Crippen molar-refractivity contribution >= 4 is 22.0 Å². The summed E-state index contributed by atoms with van der Waals surface area (Å²) < 4.78 is 7.08. The summed E-state index contributed by atoms with van der Waals surface area (Å²) in [6.45, 7) is 5.67. The summed E-state index contributed by atoms with van der Waals surface area (Å²) in [7, 11) is 0. The maximum atomic E-state index is 12.7. The summed E-state index contributed by atoms with van der Waals surface area (Å²) >= 11 is 1.19. The molecular formula is C18H15N5O4S. The van der Waals surface area contributed by atoms with Gasteiger partial charge in [0.15, 0.2) is 10.8 Å². The molecule has 0 N–H and O–H groups in total. The number of nitro benzene ring substituents is 1. The van der Waals surface area contributed by atoms with Crippen molar-refractivity contribution in [3.05, 3.63) is 62.6 Å². The van der Waals surface area contributed by atoms with Gasteiger partial charge in [0.25, 0.3) is 11.2 Å². The van der Waals surface area contributed by atoms with Gasteiger partial charge in [-0.3, -0.25) is 14.9 Å². The standard InChI is InChI=1S/C18H15N5O4S/c1-18(2,3)14-16(24)22-17(20-19-14)28-15(21-22)13-9-8-12(27-13)10-4-6-11(7-5-10)23(25)26/h4-9H,1-3H3. The first kappa shape index (κ1) is 18.0. The van der Waals surface area contributed by atoms with E-state index in [1.807, 2.05) is 20.8 Å². The highest BCUT2D eigenvalue weighted by molar-refractivity contribution is 7.19. The zero-order valence-corrected chi connectivity index (χ0v) is 16.1. The van der Waals surface area contributed by atoms with Gasteiger partial charge in [0.1, 0.15) is 11.5 Å². The van der Waals surface area contributed by atoms with Crippen molar-refractivity contribution in [2.24, 2.45) is 0 Å². The molecule has 28 heavy (non-hydrogen) atoms. The van der Waals surface area contributed by atoms with E-state index >= 15 is 0 Å². The summed E-state index contributed by atoms with van der Waals surface area (Å²) in [4.78, 5) is 23.3. The number of nitro groups is 1. The Morgan fingerprint density at radius 2 is 1.75 bits per heavy atom. The molecule has 0 saturated heterocycles. The number of hydrogen-bond donors (Lipinski definition) is 0. The number of furan rings is 1. The van der Waals surface area contributed by atoms with Gasteiger partial charge >= 0.3 is 0 Å². The number of rotatable bonds is 3. The predicted octanol–water partition coefficient (Wildman–Crippen LogP) is 3.68. The first-order valence-electron chi connectivity index (χ1n) is 8.36. The molecule has 9 nitrogen and oxygen atoms in total. The Hall–Kier alpha value is -3.40. The molecule has 10 heteroatoms. The monoisotopic (exact) mass is 397 g/mol. The van der Waals surface area contributed by atoms with Crippen molar-refractivity contribution in [2.45, 2.75) is 26.2 Å². The van der Waals surface area contributed by atoms with Gasteiger partial charge in [-0.05, 0) is 24.3 Å². The van der Waals surface area contributed by atoms with Gasteiger partial charge in [-0.25, -0.2) is 0 Å². The fourth-order valence-electron chi connectivity index (χ4n) is 2.64. The van der Waals surface area contributed by atoms with Gasteiger partial charge in [0.05, 0.1) is 4.92 Å². The Balaban J connectivity index is 1.72. The summed E-state index contributed by atoms with van der Waals surface area (Å²) in [6.07, 6.45) is 0. The number of hydrogen-bond acceptors (Lipinski definition) is 8. The highest BCUT2D eigenvalue weighted by Gasteiger charge is 2.23. The SMILES string of the molecule is CC(C)(C)c1nnc2sc(-c3ccc(-c4ccc([N+](=O)[O-])cc4)o3)nn2c1=O. The molecule has 0 spiro atoms. The molecule has 0 radical (unpaired) electrons. The van der Waals surface area contributed by atoms with Crippen LogP contribution in [-0.2, 0) is 5.41 Å². The molecule has 0 aliphatic carbocycles. The molecule has 3 heterocycles. The summed E-state index contributed by atoms with van der Waals surface area (Å²) in [5.41, 5.74) is 0.303. The largest absolute Gasteiger partial charge is 0.454 e. The second-order valence-corrected chi connectivity index (χ2v) is 8.13. The van der Waals surface area contributed by atoms with E-state index in [0.717, 1.165) is 0 Å². The summed E-state index contributed by atoms with van der Waals surface area (Å²) in [5, 5.41) is 23.8. The highest BCUT2D eigenvalue weighted by atomic mass is 32.1. The Kier molecular flexibility index (Phi) is 4.07. The van der Waals surface area contributed by atoms with Crippen molar-refractivity contribution in [1.82, 2.24) is 19.8 Å². The van der Waals surface area contributed by atoms with Crippen molar-refractivity contribution in [3.8, 4) is 22.1 Å². The minimum atomic E-state index is -0.455. The van der Waals surface area contributed by atoms with E-state index in [-0.39, 0.29) is 11.2 Å². The van der Waals surface area contributed by atoms with E-state index in [4.69, 9.17) is 4.42 Å². The molecule has 4 rings (SSSR count). The molecular weight excluding hydrogens is 382 g/mol. The van der Waals surface area contributed by atoms with Crippen LogP contribution in [0.25, 0.3) is 27.1 Å². The number of fused-ring (bicyclic) bond motifs is 1. The van der Waals surface area contributed by atoms with Crippen molar-refractivity contribution in [2.75, 3.05) is 0 Å². The minimum absolute atomic E-state index is 0.00862. The van der Waals surface area contributed by atoms with E-state index in [0.29, 0.717) is 32.7 Å². The third-order valence-electron chi connectivity index (χ3n) is 4.08. The second-order valence-electron chi connectivity index (χ2n) is 7.17. The van der Waals surface area contributed by atoms with Crippen molar-refractivity contribution < 1.29 is 9.34 Å². The van der Waals surface area contributed by atoms with Crippen LogP contribution in [0.15, 0.2) is 45.6 Å². The topological polar surface area (TPSA) is 116 Å². The van der Waals surface area contributed by atoms with Gasteiger partial charge < -0.3 is 4.42 Å². The molecule has 142 valence electrons. The molecule has 0 aliphatic heterocycles. The molecule has 0 saturated carbocycles. The van der Waals surface area contributed by atoms with Crippen LogP contribution in [0.4, 0.5) is 5.69 Å². The second kappa shape index (κ2) is 6.34. The zero-order chi connectivity index (χ0) is 20.1. The lowest BCUT2D eigenvalue weighted by Crippen LogP contribution is -2.30. The first-order valence-corrected chi connectivity index (χ1v) is 9.18. The lowest BCUT2D eigenvalue weighted by Gasteiger charge is -2.14. The zero-order valence-electron chi connectivity index (χ0n) is 15.2. The fourth-order valence-corrected chi connectivity index (χ4v) is 3.44. The quantitative estimate of drug-likeness (QED) is 0.382. The van der Waals surface area contributed by atoms with Gasteiger partial charge in [-0.2, -0.15) is 4.52 Å². The Morgan fingerprint density at radius 1 is 1.07 bits per heavy atom. The van der Waals surface area contributed by atoms with Gasteiger partial charge in [0, 0.05) is 23.1 Å². The predicted molar refractivity (Wildman–Crippen MR) is 103 cm³/mol. The third kappa shape index (κ3) is 3.07. The fraction of sp³-hybridized carbons (Fsp3) is 0.222. The number of aromatic nitrogens is 4. The molecule has 0 aliphatic rings. The molecule has 0 bridgehead atoms. The van der Waals surface area contributed by atoms with E-state index in [2.05, 4.69) is 15.3 Å². The van der Waals surface area contributed by atoms with Crippen molar-refractivity contribution in [1.29, 1.82) is 0 Å². The molecule has 4 aromatic rings.